The highest BCUT2D eigenvalue weighted by molar-refractivity contribution is 9.11. The number of nitrogens with zero attached hydrogens (tertiary/aromatic N) is 1. The molecule has 3 heteroatoms. The predicted molar refractivity (Wildman–Crippen MR) is 74.1 cm³/mol. The van der Waals surface area contributed by atoms with Gasteiger partial charge in [-0.25, -0.2) is 4.98 Å². The zero-order valence-corrected chi connectivity index (χ0v) is 12.0. The minimum absolute atomic E-state index is 0.582. The van der Waals surface area contributed by atoms with Gasteiger partial charge in [-0.05, 0) is 34.3 Å². The molecule has 0 N–H and O–H groups in total. The zero-order chi connectivity index (χ0) is 11.7. The van der Waals surface area contributed by atoms with Crippen LogP contribution in [-0.2, 0) is 0 Å². The summed E-state index contributed by atoms with van der Waals surface area (Å²) in [4.78, 5) is 4.53. The van der Waals surface area contributed by atoms with Gasteiger partial charge in [0.2, 0.25) is 0 Å². The van der Waals surface area contributed by atoms with Crippen molar-refractivity contribution < 1.29 is 0 Å². The summed E-state index contributed by atoms with van der Waals surface area (Å²) in [5.74, 6) is 0.582. The highest BCUT2D eigenvalue weighted by Gasteiger charge is 2.07. The van der Waals surface area contributed by atoms with Crippen LogP contribution in [0.15, 0.2) is 28.1 Å². The number of benzene rings is 1. The number of halogens is 1. The summed E-state index contributed by atoms with van der Waals surface area (Å²) >= 11 is 5.19. The van der Waals surface area contributed by atoms with Crippen LogP contribution in [0.25, 0.3) is 10.6 Å². The van der Waals surface area contributed by atoms with Crippen molar-refractivity contribution in [2.45, 2.75) is 26.7 Å². The van der Waals surface area contributed by atoms with Gasteiger partial charge >= 0.3 is 0 Å². The van der Waals surface area contributed by atoms with Crippen molar-refractivity contribution >= 4 is 27.3 Å². The molecule has 0 saturated heterocycles. The Morgan fingerprint density at radius 1 is 1.19 bits per heavy atom. The van der Waals surface area contributed by atoms with Gasteiger partial charge in [-0.3, -0.25) is 0 Å². The van der Waals surface area contributed by atoms with Crippen molar-refractivity contribution in [2.24, 2.45) is 0 Å². The van der Waals surface area contributed by atoms with E-state index in [0.29, 0.717) is 5.92 Å². The molecule has 0 bridgehead atoms. The molecule has 0 unspecified atom stereocenters. The second-order valence-corrected chi connectivity index (χ2v) is 6.47. The van der Waals surface area contributed by atoms with Gasteiger partial charge in [0.25, 0.3) is 0 Å². The van der Waals surface area contributed by atoms with E-state index >= 15 is 0 Å². The number of hydrogen-bond acceptors (Lipinski definition) is 2. The minimum atomic E-state index is 0.582. The fourth-order valence-electron chi connectivity index (χ4n) is 1.51. The lowest BCUT2D eigenvalue weighted by atomic mass is 10.0. The Labute approximate surface area is 109 Å². The molecule has 0 fully saturated rings. The van der Waals surface area contributed by atoms with Gasteiger partial charge in [-0.2, -0.15) is 0 Å². The maximum atomic E-state index is 4.53. The van der Waals surface area contributed by atoms with Crippen molar-refractivity contribution in [3.05, 3.63) is 39.3 Å². The maximum Gasteiger partial charge on any atom is 0.124 e. The van der Waals surface area contributed by atoms with E-state index in [4.69, 9.17) is 0 Å². The number of thiazole rings is 1. The number of aryl methyl sites for hydroxylation is 1. The summed E-state index contributed by atoms with van der Waals surface area (Å²) in [7, 11) is 0. The molecule has 0 radical (unpaired) electrons. The van der Waals surface area contributed by atoms with Crippen molar-refractivity contribution in [1.29, 1.82) is 0 Å². The fourth-order valence-corrected chi connectivity index (χ4v) is 2.86. The van der Waals surface area contributed by atoms with E-state index in [-0.39, 0.29) is 0 Å². The molecule has 0 aliphatic carbocycles. The quantitative estimate of drug-likeness (QED) is 0.759. The van der Waals surface area contributed by atoms with Crippen molar-refractivity contribution in [1.82, 2.24) is 4.98 Å². The Kier molecular flexibility index (Phi) is 3.45. The summed E-state index contributed by atoms with van der Waals surface area (Å²) in [6.07, 6.45) is 0. The SMILES string of the molecule is Cc1nc(-c2ccc(C(C)C)cc2)sc1Br. The zero-order valence-electron chi connectivity index (χ0n) is 9.62. The third-order valence-electron chi connectivity index (χ3n) is 2.56. The first kappa shape index (κ1) is 11.8. The van der Waals surface area contributed by atoms with Crippen LogP contribution in [0.2, 0.25) is 0 Å². The molecule has 2 aromatic rings. The molecule has 0 atom stereocenters. The van der Waals surface area contributed by atoms with Crippen molar-refractivity contribution in [3.63, 3.8) is 0 Å². The second kappa shape index (κ2) is 4.68. The first-order valence-corrected chi connectivity index (χ1v) is 6.92. The lowest BCUT2D eigenvalue weighted by Crippen LogP contribution is -1.86. The van der Waals surface area contributed by atoms with Crippen LogP contribution in [0.3, 0.4) is 0 Å². The molecule has 1 aromatic carbocycles. The first-order chi connectivity index (χ1) is 7.58. The summed E-state index contributed by atoms with van der Waals surface area (Å²) in [5.41, 5.74) is 3.63. The van der Waals surface area contributed by atoms with Gasteiger partial charge in [0.05, 0.1) is 9.48 Å². The molecular formula is C13H14BrNS. The van der Waals surface area contributed by atoms with Crippen molar-refractivity contribution in [2.75, 3.05) is 0 Å². The Bertz CT molecular complexity index is 466. The van der Waals surface area contributed by atoms with Gasteiger partial charge in [0.15, 0.2) is 0 Å². The highest BCUT2D eigenvalue weighted by atomic mass is 79.9. The topological polar surface area (TPSA) is 12.9 Å². The number of rotatable bonds is 2. The molecule has 1 nitrogen and oxygen atoms in total. The second-order valence-electron chi connectivity index (χ2n) is 4.15. The van der Waals surface area contributed by atoms with E-state index in [1.54, 1.807) is 11.3 Å². The molecule has 1 aromatic heterocycles. The van der Waals surface area contributed by atoms with Crippen LogP contribution in [0.1, 0.15) is 31.0 Å². The van der Waals surface area contributed by atoms with Crippen LogP contribution in [0.4, 0.5) is 0 Å². The van der Waals surface area contributed by atoms with Crippen LogP contribution in [0, 0.1) is 6.92 Å². The first-order valence-electron chi connectivity index (χ1n) is 5.31. The molecule has 16 heavy (non-hydrogen) atoms. The Morgan fingerprint density at radius 3 is 2.25 bits per heavy atom. The minimum Gasteiger partial charge on any atom is -0.240 e. The monoisotopic (exact) mass is 295 g/mol. The normalized spacial score (nSPS) is 11.1. The smallest absolute Gasteiger partial charge is 0.124 e. The highest BCUT2D eigenvalue weighted by Crippen LogP contribution is 2.32. The van der Waals surface area contributed by atoms with Gasteiger partial charge in [-0.1, -0.05) is 38.1 Å². The molecule has 1 heterocycles. The summed E-state index contributed by atoms with van der Waals surface area (Å²) < 4.78 is 1.12. The number of hydrogen-bond donors (Lipinski definition) is 0. The molecule has 0 saturated carbocycles. The Morgan fingerprint density at radius 2 is 1.81 bits per heavy atom. The molecule has 0 aliphatic rings. The molecular weight excluding hydrogens is 282 g/mol. The number of aromatic nitrogens is 1. The molecule has 84 valence electrons. The van der Waals surface area contributed by atoms with Crippen LogP contribution < -0.4 is 0 Å². The average Bonchev–Trinajstić information content (AvgIpc) is 2.59. The van der Waals surface area contributed by atoms with Crippen LogP contribution in [0.5, 0.6) is 0 Å². The third kappa shape index (κ3) is 2.36. The van der Waals surface area contributed by atoms with E-state index in [1.165, 1.54) is 11.1 Å². The van der Waals surface area contributed by atoms with Crippen LogP contribution >= 0.6 is 27.3 Å². The van der Waals surface area contributed by atoms with Crippen LogP contribution in [-0.4, -0.2) is 4.98 Å². The van der Waals surface area contributed by atoms with E-state index < -0.39 is 0 Å². The van der Waals surface area contributed by atoms with E-state index in [2.05, 4.69) is 59.0 Å². The van der Waals surface area contributed by atoms with Gasteiger partial charge < -0.3 is 0 Å². The standard InChI is InChI=1S/C13H14BrNS/c1-8(2)10-4-6-11(7-5-10)13-15-9(3)12(14)16-13/h4-8H,1-3H3. The predicted octanol–water partition coefficient (Wildman–Crippen LogP) is 5.00. The van der Waals surface area contributed by atoms with E-state index in [1.807, 2.05) is 6.92 Å². The molecule has 0 spiro atoms. The van der Waals surface area contributed by atoms with Gasteiger partial charge in [-0.15, -0.1) is 11.3 Å². The Hall–Kier alpha value is -0.670. The average molecular weight is 296 g/mol. The molecule has 0 amide bonds. The van der Waals surface area contributed by atoms with Gasteiger partial charge in [0, 0.05) is 5.56 Å². The third-order valence-corrected chi connectivity index (χ3v) is 4.62. The summed E-state index contributed by atoms with van der Waals surface area (Å²) in [5, 5.41) is 1.08. The molecule has 2 rings (SSSR count). The lowest BCUT2D eigenvalue weighted by Gasteiger charge is -2.05. The van der Waals surface area contributed by atoms with E-state index in [0.717, 1.165) is 14.5 Å². The summed E-state index contributed by atoms with van der Waals surface area (Å²) in [6, 6.07) is 8.68. The van der Waals surface area contributed by atoms with E-state index in [9.17, 15) is 0 Å². The Balaban J connectivity index is 2.34. The van der Waals surface area contributed by atoms with Gasteiger partial charge in [0.1, 0.15) is 5.01 Å². The molecule has 0 aliphatic heterocycles. The maximum absolute atomic E-state index is 4.53. The summed E-state index contributed by atoms with van der Waals surface area (Å²) in [6.45, 7) is 6.44. The largest absolute Gasteiger partial charge is 0.240 e. The lowest BCUT2D eigenvalue weighted by molar-refractivity contribution is 0.867. The van der Waals surface area contributed by atoms with Crippen molar-refractivity contribution in [3.8, 4) is 10.6 Å². The fraction of sp³-hybridized carbons (Fsp3) is 0.308.